The Morgan fingerprint density at radius 1 is 1.12 bits per heavy atom. The third-order valence-electron chi connectivity index (χ3n) is 3.79. The molecule has 6 heteroatoms. The maximum atomic E-state index is 12.5. The van der Waals surface area contributed by atoms with Crippen molar-refractivity contribution in [2.45, 2.75) is 19.5 Å². The van der Waals surface area contributed by atoms with Crippen molar-refractivity contribution >= 4 is 12.2 Å². The Balaban J connectivity index is 1.74. The van der Waals surface area contributed by atoms with Crippen LogP contribution in [-0.4, -0.2) is 25.3 Å². The Kier molecular flexibility index (Phi) is 5.48. The average Bonchev–Trinajstić information content (AvgIpc) is 3.44. The van der Waals surface area contributed by atoms with Crippen LogP contribution in [0.25, 0.3) is 12.2 Å². The van der Waals surface area contributed by atoms with Crippen LogP contribution in [0.2, 0.25) is 0 Å². The van der Waals surface area contributed by atoms with Gasteiger partial charge in [0, 0.05) is 12.3 Å². The average molecular weight is 347 g/mol. The van der Waals surface area contributed by atoms with Crippen LogP contribution in [0.4, 0.5) is 8.78 Å². The minimum absolute atomic E-state index is 0.0546. The standard InChI is InChI=1S/C19H19F2NO3/c1-23-18-9-7-14(11-22-18)3-2-13-6-8-16(25-19(20)21)17(10-13)24-12-15-4-5-15/h2-3,6-11,15,19H,4-5,12H2,1H3/b3-2+. The van der Waals surface area contributed by atoms with Crippen molar-refractivity contribution in [3.05, 3.63) is 47.7 Å². The minimum Gasteiger partial charge on any atom is -0.489 e. The minimum atomic E-state index is -2.88. The van der Waals surface area contributed by atoms with Gasteiger partial charge >= 0.3 is 6.61 Å². The number of ether oxygens (including phenoxy) is 3. The summed E-state index contributed by atoms with van der Waals surface area (Å²) >= 11 is 0. The third kappa shape index (κ3) is 5.17. The van der Waals surface area contributed by atoms with Crippen LogP contribution < -0.4 is 14.2 Å². The van der Waals surface area contributed by atoms with Crippen molar-refractivity contribution in [1.29, 1.82) is 0 Å². The third-order valence-corrected chi connectivity index (χ3v) is 3.79. The fourth-order valence-corrected chi connectivity index (χ4v) is 2.23. The van der Waals surface area contributed by atoms with Gasteiger partial charge in [-0.15, -0.1) is 0 Å². The fraction of sp³-hybridized carbons (Fsp3) is 0.316. The maximum Gasteiger partial charge on any atom is 0.387 e. The van der Waals surface area contributed by atoms with Crippen LogP contribution >= 0.6 is 0 Å². The molecule has 1 fully saturated rings. The molecule has 0 saturated heterocycles. The van der Waals surface area contributed by atoms with Gasteiger partial charge in [-0.05, 0) is 48.1 Å². The van der Waals surface area contributed by atoms with Gasteiger partial charge in [0.2, 0.25) is 5.88 Å². The largest absolute Gasteiger partial charge is 0.489 e. The van der Waals surface area contributed by atoms with Gasteiger partial charge in [0.15, 0.2) is 11.5 Å². The first kappa shape index (κ1) is 17.2. The molecule has 0 atom stereocenters. The molecule has 1 aromatic heterocycles. The van der Waals surface area contributed by atoms with Crippen molar-refractivity contribution in [2.75, 3.05) is 13.7 Å². The summed E-state index contributed by atoms with van der Waals surface area (Å²) in [5, 5.41) is 0. The Labute approximate surface area is 145 Å². The summed E-state index contributed by atoms with van der Waals surface area (Å²) in [7, 11) is 1.56. The molecule has 1 aliphatic rings. The molecular weight excluding hydrogens is 328 g/mol. The van der Waals surface area contributed by atoms with E-state index < -0.39 is 6.61 Å². The highest BCUT2D eigenvalue weighted by molar-refractivity contribution is 5.70. The van der Waals surface area contributed by atoms with Crippen LogP contribution in [0.1, 0.15) is 24.0 Å². The lowest BCUT2D eigenvalue weighted by atomic mass is 10.1. The van der Waals surface area contributed by atoms with E-state index in [1.165, 1.54) is 6.07 Å². The zero-order valence-corrected chi connectivity index (χ0v) is 13.8. The van der Waals surface area contributed by atoms with Gasteiger partial charge in [-0.3, -0.25) is 0 Å². The summed E-state index contributed by atoms with van der Waals surface area (Å²) in [4.78, 5) is 4.13. The number of nitrogens with zero attached hydrogens (tertiary/aromatic N) is 1. The quantitative estimate of drug-likeness (QED) is 0.697. The number of halogens is 2. The van der Waals surface area contributed by atoms with Gasteiger partial charge in [-0.25, -0.2) is 4.98 Å². The molecule has 4 nitrogen and oxygen atoms in total. The molecule has 1 heterocycles. The molecule has 0 amide bonds. The lowest BCUT2D eigenvalue weighted by Crippen LogP contribution is -2.06. The van der Waals surface area contributed by atoms with E-state index in [9.17, 15) is 8.78 Å². The smallest absolute Gasteiger partial charge is 0.387 e. The molecule has 1 aromatic carbocycles. The van der Waals surface area contributed by atoms with Crippen LogP contribution in [0, 0.1) is 5.92 Å². The Bertz CT molecular complexity index is 728. The zero-order valence-electron chi connectivity index (χ0n) is 13.8. The van der Waals surface area contributed by atoms with Gasteiger partial charge in [0.25, 0.3) is 0 Å². The first-order valence-electron chi connectivity index (χ1n) is 8.04. The van der Waals surface area contributed by atoms with E-state index in [0.717, 1.165) is 24.0 Å². The Morgan fingerprint density at radius 3 is 2.52 bits per heavy atom. The number of rotatable bonds is 8. The highest BCUT2D eigenvalue weighted by atomic mass is 19.3. The topological polar surface area (TPSA) is 40.6 Å². The van der Waals surface area contributed by atoms with E-state index >= 15 is 0 Å². The summed E-state index contributed by atoms with van der Waals surface area (Å²) in [5.41, 5.74) is 1.72. The summed E-state index contributed by atoms with van der Waals surface area (Å²) in [6, 6.07) is 8.55. The predicted octanol–water partition coefficient (Wildman–Crippen LogP) is 4.65. The Hall–Kier alpha value is -2.63. The molecule has 0 N–H and O–H groups in total. The number of hydrogen-bond donors (Lipinski definition) is 0. The van der Waals surface area contributed by atoms with E-state index in [1.807, 2.05) is 18.2 Å². The van der Waals surface area contributed by atoms with Gasteiger partial charge in [0.05, 0.1) is 13.7 Å². The van der Waals surface area contributed by atoms with E-state index in [1.54, 1.807) is 31.5 Å². The van der Waals surface area contributed by atoms with Crippen molar-refractivity contribution < 1.29 is 23.0 Å². The maximum absolute atomic E-state index is 12.5. The molecule has 3 rings (SSSR count). The summed E-state index contributed by atoms with van der Waals surface area (Å²) in [6.45, 7) is -2.36. The van der Waals surface area contributed by atoms with Crippen molar-refractivity contribution in [3.8, 4) is 17.4 Å². The first-order chi connectivity index (χ1) is 12.1. The Morgan fingerprint density at radius 2 is 1.88 bits per heavy atom. The lowest BCUT2D eigenvalue weighted by Gasteiger charge is -2.12. The first-order valence-corrected chi connectivity index (χ1v) is 8.04. The van der Waals surface area contributed by atoms with Gasteiger partial charge in [0.1, 0.15) is 0 Å². The molecule has 0 bridgehead atoms. The number of hydrogen-bond acceptors (Lipinski definition) is 4. The monoisotopic (exact) mass is 347 g/mol. The van der Waals surface area contributed by atoms with Crippen molar-refractivity contribution in [1.82, 2.24) is 4.98 Å². The second-order valence-electron chi connectivity index (χ2n) is 5.81. The molecule has 1 aliphatic carbocycles. The van der Waals surface area contributed by atoms with E-state index in [0.29, 0.717) is 24.2 Å². The molecule has 0 aliphatic heterocycles. The normalized spacial score (nSPS) is 14.1. The number of pyridine rings is 1. The molecule has 1 saturated carbocycles. The lowest BCUT2D eigenvalue weighted by molar-refractivity contribution is -0.0515. The van der Waals surface area contributed by atoms with Gasteiger partial charge in [-0.1, -0.05) is 18.2 Å². The molecular formula is C19H19F2NO3. The summed E-state index contributed by atoms with van der Waals surface area (Å²) in [5.74, 6) is 1.45. The van der Waals surface area contributed by atoms with Crippen LogP contribution in [0.5, 0.6) is 17.4 Å². The molecule has 0 spiro atoms. The molecule has 0 unspecified atom stereocenters. The fourth-order valence-electron chi connectivity index (χ4n) is 2.23. The van der Waals surface area contributed by atoms with Gasteiger partial charge < -0.3 is 14.2 Å². The zero-order chi connectivity index (χ0) is 17.6. The SMILES string of the molecule is COc1ccc(/C=C/c2ccc(OC(F)F)c(OCC3CC3)c2)cn1. The molecule has 132 valence electrons. The predicted molar refractivity (Wildman–Crippen MR) is 91.0 cm³/mol. The van der Waals surface area contributed by atoms with Crippen molar-refractivity contribution in [3.63, 3.8) is 0 Å². The molecule has 2 aromatic rings. The number of benzene rings is 1. The van der Waals surface area contributed by atoms with Crippen LogP contribution in [0.15, 0.2) is 36.5 Å². The van der Waals surface area contributed by atoms with Crippen LogP contribution in [0.3, 0.4) is 0 Å². The van der Waals surface area contributed by atoms with Crippen molar-refractivity contribution in [2.24, 2.45) is 5.92 Å². The van der Waals surface area contributed by atoms with E-state index in [2.05, 4.69) is 9.72 Å². The van der Waals surface area contributed by atoms with E-state index in [-0.39, 0.29) is 5.75 Å². The van der Waals surface area contributed by atoms with E-state index in [4.69, 9.17) is 9.47 Å². The number of methoxy groups -OCH3 is 1. The second-order valence-corrected chi connectivity index (χ2v) is 5.81. The number of alkyl halides is 2. The van der Waals surface area contributed by atoms with Gasteiger partial charge in [-0.2, -0.15) is 8.78 Å². The molecule has 0 radical (unpaired) electrons. The number of aromatic nitrogens is 1. The highest BCUT2D eigenvalue weighted by Gasteiger charge is 2.23. The summed E-state index contributed by atoms with van der Waals surface area (Å²) < 4.78 is 40.3. The van der Waals surface area contributed by atoms with Crippen LogP contribution in [-0.2, 0) is 0 Å². The molecule has 25 heavy (non-hydrogen) atoms. The summed E-state index contributed by atoms with van der Waals surface area (Å²) in [6.07, 6.45) is 7.66. The highest BCUT2D eigenvalue weighted by Crippen LogP contribution is 2.34. The second kappa shape index (κ2) is 7.96.